The van der Waals surface area contributed by atoms with Crippen LogP contribution in [0.3, 0.4) is 0 Å². The molecular formula is C20H25N5O4. The normalized spacial score (nSPS) is 15.6. The minimum Gasteiger partial charge on any atom is -0.497 e. The minimum atomic E-state index is -0.969. The van der Waals surface area contributed by atoms with E-state index in [0.717, 1.165) is 0 Å². The monoisotopic (exact) mass is 399 g/mol. The zero-order valence-corrected chi connectivity index (χ0v) is 16.3. The van der Waals surface area contributed by atoms with Crippen molar-refractivity contribution in [2.75, 3.05) is 50.1 Å². The maximum absolute atomic E-state index is 12.3. The first-order valence-corrected chi connectivity index (χ1v) is 9.46. The Hall–Kier alpha value is -3.20. The predicted octanol–water partition coefficient (Wildman–Crippen LogP) is 1.34. The Balaban J connectivity index is 1.49. The molecule has 2 heterocycles. The van der Waals surface area contributed by atoms with Gasteiger partial charge in [0, 0.05) is 57.2 Å². The summed E-state index contributed by atoms with van der Waals surface area (Å²) in [6.45, 7) is 3.15. The lowest BCUT2D eigenvalue weighted by Crippen LogP contribution is -2.49. The Labute approximate surface area is 169 Å². The number of aliphatic carboxylic acids is 1. The number of ether oxygens (including phenoxy) is 1. The number of amides is 1. The summed E-state index contributed by atoms with van der Waals surface area (Å²) in [4.78, 5) is 36.6. The first kappa shape index (κ1) is 20.5. The summed E-state index contributed by atoms with van der Waals surface area (Å²) in [6.07, 6.45) is 3.33. The van der Waals surface area contributed by atoms with Crippen molar-refractivity contribution in [2.45, 2.75) is 6.42 Å². The molecule has 0 bridgehead atoms. The molecule has 1 aliphatic rings. The molecule has 0 saturated carbocycles. The van der Waals surface area contributed by atoms with Crippen LogP contribution in [0.5, 0.6) is 5.75 Å². The zero-order valence-electron chi connectivity index (χ0n) is 16.3. The van der Waals surface area contributed by atoms with Crippen molar-refractivity contribution in [3.05, 3.63) is 42.7 Å². The van der Waals surface area contributed by atoms with Crippen molar-refractivity contribution < 1.29 is 19.4 Å². The van der Waals surface area contributed by atoms with Gasteiger partial charge >= 0.3 is 5.97 Å². The van der Waals surface area contributed by atoms with E-state index in [2.05, 4.69) is 25.1 Å². The maximum atomic E-state index is 12.3. The Morgan fingerprint density at radius 2 is 1.79 bits per heavy atom. The lowest BCUT2D eigenvalue weighted by molar-refractivity contribution is -0.144. The summed E-state index contributed by atoms with van der Waals surface area (Å²) in [7, 11) is 1.57. The number of hydrogen-bond acceptors (Lipinski definition) is 7. The van der Waals surface area contributed by atoms with Crippen LogP contribution in [-0.2, 0) is 9.59 Å². The Morgan fingerprint density at radius 1 is 1.14 bits per heavy atom. The molecule has 0 unspecified atom stereocenters. The standard InChI is InChI=1S/C20H25N5O4/c1-29-17-5-3-16(4-6-17)23-18(26)13-15(19(27)28)14-24-9-11-25(12-10-24)20-21-7-2-8-22-20/h2-8,15H,9-14H2,1H3,(H,23,26)(H,27,28)/t15-/m0/s1. The van der Waals surface area contributed by atoms with E-state index in [0.29, 0.717) is 50.1 Å². The van der Waals surface area contributed by atoms with Crippen LogP contribution in [0.2, 0.25) is 0 Å². The lowest BCUT2D eigenvalue weighted by atomic mass is 10.0. The quantitative estimate of drug-likeness (QED) is 0.685. The van der Waals surface area contributed by atoms with Crippen LogP contribution in [0.15, 0.2) is 42.7 Å². The summed E-state index contributed by atoms with van der Waals surface area (Å²) >= 11 is 0. The highest BCUT2D eigenvalue weighted by molar-refractivity contribution is 5.93. The largest absolute Gasteiger partial charge is 0.497 e. The molecule has 154 valence electrons. The van der Waals surface area contributed by atoms with Crippen molar-refractivity contribution >= 4 is 23.5 Å². The fourth-order valence-corrected chi connectivity index (χ4v) is 3.24. The van der Waals surface area contributed by atoms with Crippen LogP contribution in [0.4, 0.5) is 11.6 Å². The van der Waals surface area contributed by atoms with Gasteiger partial charge in [0.05, 0.1) is 13.0 Å². The highest BCUT2D eigenvalue weighted by atomic mass is 16.5. The fourth-order valence-electron chi connectivity index (χ4n) is 3.24. The number of methoxy groups -OCH3 is 1. The van der Waals surface area contributed by atoms with Crippen molar-refractivity contribution in [3.8, 4) is 5.75 Å². The second-order valence-electron chi connectivity index (χ2n) is 6.85. The minimum absolute atomic E-state index is 0.0800. The van der Waals surface area contributed by atoms with E-state index in [1.165, 1.54) is 0 Å². The predicted molar refractivity (Wildman–Crippen MR) is 108 cm³/mol. The van der Waals surface area contributed by atoms with Gasteiger partial charge in [0.25, 0.3) is 0 Å². The van der Waals surface area contributed by atoms with E-state index in [1.54, 1.807) is 49.8 Å². The van der Waals surface area contributed by atoms with Gasteiger partial charge < -0.3 is 20.1 Å². The van der Waals surface area contributed by atoms with E-state index in [-0.39, 0.29) is 12.3 Å². The second kappa shape index (κ2) is 9.83. The number of piperazine rings is 1. The molecule has 1 atom stereocenters. The van der Waals surface area contributed by atoms with Gasteiger partial charge in [-0.25, -0.2) is 9.97 Å². The summed E-state index contributed by atoms with van der Waals surface area (Å²) in [5, 5.41) is 12.3. The highest BCUT2D eigenvalue weighted by Crippen LogP contribution is 2.17. The molecule has 9 nitrogen and oxygen atoms in total. The van der Waals surface area contributed by atoms with Crippen molar-refractivity contribution in [3.63, 3.8) is 0 Å². The van der Waals surface area contributed by atoms with E-state index in [1.807, 2.05) is 0 Å². The second-order valence-corrected chi connectivity index (χ2v) is 6.85. The van der Waals surface area contributed by atoms with Gasteiger partial charge in [-0.1, -0.05) is 0 Å². The number of nitrogens with zero attached hydrogens (tertiary/aromatic N) is 4. The number of carbonyl (C=O) groups is 2. The van der Waals surface area contributed by atoms with Crippen LogP contribution < -0.4 is 15.0 Å². The first-order valence-electron chi connectivity index (χ1n) is 9.46. The topological polar surface area (TPSA) is 108 Å². The molecule has 1 amide bonds. The number of nitrogens with one attached hydrogen (secondary N) is 1. The Kier molecular flexibility index (Phi) is 6.96. The number of carboxylic acid groups (broad SMARTS) is 1. The van der Waals surface area contributed by atoms with E-state index < -0.39 is 11.9 Å². The number of rotatable bonds is 8. The van der Waals surface area contributed by atoms with Gasteiger partial charge in [0.1, 0.15) is 5.75 Å². The first-order chi connectivity index (χ1) is 14.0. The number of anilines is 2. The summed E-state index contributed by atoms with van der Waals surface area (Å²) in [5.74, 6) is -0.692. The number of hydrogen-bond donors (Lipinski definition) is 2. The molecule has 1 aliphatic heterocycles. The van der Waals surface area contributed by atoms with Crippen LogP contribution in [0, 0.1) is 5.92 Å². The van der Waals surface area contributed by atoms with Gasteiger partial charge in [-0.05, 0) is 30.3 Å². The Morgan fingerprint density at radius 3 is 2.38 bits per heavy atom. The SMILES string of the molecule is COc1ccc(NC(=O)C[C@@H](CN2CCN(c3ncccn3)CC2)C(=O)O)cc1. The van der Waals surface area contributed by atoms with Crippen LogP contribution in [-0.4, -0.2) is 71.7 Å². The van der Waals surface area contributed by atoms with Crippen molar-refractivity contribution in [1.82, 2.24) is 14.9 Å². The molecule has 3 rings (SSSR count). The molecule has 1 aromatic heterocycles. The molecule has 29 heavy (non-hydrogen) atoms. The molecule has 1 fully saturated rings. The van der Waals surface area contributed by atoms with Crippen LogP contribution in [0.1, 0.15) is 6.42 Å². The highest BCUT2D eigenvalue weighted by Gasteiger charge is 2.27. The van der Waals surface area contributed by atoms with E-state index in [9.17, 15) is 14.7 Å². The zero-order chi connectivity index (χ0) is 20.6. The summed E-state index contributed by atoms with van der Waals surface area (Å²) in [6, 6.07) is 8.68. The molecule has 0 spiro atoms. The molecular weight excluding hydrogens is 374 g/mol. The average Bonchev–Trinajstić information content (AvgIpc) is 2.75. The number of carbonyl (C=O) groups excluding carboxylic acids is 1. The lowest BCUT2D eigenvalue weighted by Gasteiger charge is -2.35. The number of aromatic nitrogens is 2. The molecule has 2 aromatic rings. The van der Waals surface area contributed by atoms with Gasteiger partial charge in [0.15, 0.2) is 0 Å². The van der Waals surface area contributed by atoms with Crippen LogP contribution >= 0.6 is 0 Å². The van der Waals surface area contributed by atoms with Crippen molar-refractivity contribution in [1.29, 1.82) is 0 Å². The van der Waals surface area contributed by atoms with Gasteiger partial charge in [0.2, 0.25) is 11.9 Å². The van der Waals surface area contributed by atoms with Gasteiger partial charge in [-0.15, -0.1) is 0 Å². The van der Waals surface area contributed by atoms with E-state index >= 15 is 0 Å². The molecule has 1 aromatic carbocycles. The van der Waals surface area contributed by atoms with E-state index in [4.69, 9.17) is 4.74 Å². The Bertz CT molecular complexity index is 807. The molecule has 0 aliphatic carbocycles. The molecule has 2 N–H and O–H groups in total. The average molecular weight is 399 g/mol. The number of benzene rings is 1. The van der Waals surface area contributed by atoms with Crippen molar-refractivity contribution in [2.24, 2.45) is 5.92 Å². The third-order valence-corrected chi connectivity index (χ3v) is 4.84. The smallest absolute Gasteiger partial charge is 0.308 e. The molecule has 0 radical (unpaired) electrons. The third kappa shape index (κ3) is 5.89. The molecule has 1 saturated heterocycles. The summed E-state index contributed by atoms with van der Waals surface area (Å²) < 4.78 is 5.08. The summed E-state index contributed by atoms with van der Waals surface area (Å²) in [5.41, 5.74) is 0.608. The molecule has 9 heteroatoms. The number of carboxylic acids is 1. The van der Waals surface area contributed by atoms with Crippen LogP contribution in [0.25, 0.3) is 0 Å². The fraction of sp³-hybridized carbons (Fsp3) is 0.400. The van der Waals surface area contributed by atoms with Gasteiger partial charge in [-0.3, -0.25) is 14.5 Å². The third-order valence-electron chi connectivity index (χ3n) is 4.84. The van der Waals surface area contributed by atoms with Gasteiger partial charge in [-0.2, -0.15) is 0 Å². The maximum Gasteiger partial charge on any atom is 0.308 e.